The van der Waals surface area contributed by atoms with E-state index in [1.165, 1.54) is 22.5 Å². The molecule has 1 aromatic rings. The summed E-state index contributed by atoms with van der Waals surface area (Å²) < 4.78 is 41.6. The number of nitrogens with zero attached hydrogens (tertiary/aromatic N) is 1. The van der Waals surface area contributed by atoms with Gasteiger partial charge < -0.3 is 5.32 Å². The van der Waals surface area contributed by atoms with E-state index >= 15 is 0 Å². The van der Waals surface area contributed by atoms with Crippen LogP contribution in [0.15, 0.2) is 24.3 Å². The van der Waals surface area contributed by atoms with Gasteiger partial charge in [0.1, 0.15) is 5.82 Å². The van der Waals surface area contributed by atoms with Gasteiger partial charge in [-0.15, -0.1) is 0 Å². The Kier molecular flexibility index (Phi) is 4.95. The molecule has 0 spiro atoms. The molecule has 0 aliphatic carbocycles. The van der Waals surface area contributed by atoms with Crippen molar-refractivity contribution in [2.45, 2.75) is 12.8 Å². The van der Waals surface area contributed by atoms with Crippen LogP contribution in [0.25, 0.3) is 0 Å². The van der Waals surface area contributed by atoms with Gasteiger partial charge >= 0.3 is 10.2 Å². The maximum Gasteiger partial charge on any atom is 0.301 e. The second kappa shape index (κ2) is 6.51. The molecule has 0 saturated carbocycles. The summed E-state index contributed by atoms with van der Waals surface area (Å²) in [6, 6.07) is 5.77. The molecule has 1 heterocycles. The molecule has 1 fully saturated rings. The molecule has 2 rings (SSSR count). The van der Waals surface area contributed by atoms with Gasteiger partial charge in [-0.3, -0.25) is 4.72 Å². The van der Waals surface area contributed by atoms with Crippen molar-refractivity contribution < 1.29 is 12.8 Å². The molecule has 5 nitrogen and oxygen atoms in total. The first-order valence-corrected chi connectivity index (χ1v) is 8.14. The Bertz CT molecular complexity index is 542. The molecule has 1 aliphatic heterocycles. The van der Waals surface area contributed by atoms with E-state index in [2.05, 4.69) is 10.0 Å². The topological polar surface area (TPSA) is 61.4 Å². The number of rotatable bonds is 5. The monoisotopic (exact) mass is 301 g/mol. The van der Waals surface area contributed by atoms with Crippen molar-refractivity contribution in [3.63, 3.8) is 0 Å². The van der Waals surface area contributed by atoms with Gasteiger partial charge in [0.25, 0.3) is 0 Å². The fourth-order valence-corrected chi connectivity index (χ4v) is 3.65. The van der Waals surface area contributed by atoms with Crippen molar-refractivity contribution in [2.75, 3.05) is 31.4 Å². The smallest absolute Gasteiger partial charge is 0.301 e. The molecule has 112 valence electrons. The highest BCUT2D eigenvalue weighted by Gasteiger charge is 2.28. The average molecular weight is 301 g/mol. The summed E-state index contributed by atoms with van der Waals surface area (Å²) in [5.41, 5.74) is -0.00940. The molecule has 1 aliphatic rings. The summed E-state index contributed by atoms with van der Waals surface area (Å²) >= 11 is 0. The molecular formula is C13H20FN3O2S. The highest BCUT2D eigenvalue weighted by atomic mass is 32.2. The predicted molar refractivity (Wildman–Crippen MR) is 77.2 cm³/mol. The van der Waals surface area contributed by atoms with Crippen LogP contribution in [-0.4, -0.2) is 39.4 Å². The van der Waals surface area contributed by atoms with E-state index in [0.717, 1.165) is 19.4 Å². The zero-order valence-corrected chi connectivity index (χ0v) is 12.3. The van der Waals surface area contributed by atoms with Gasteiger partial charge in [-0.05, 0) is 44.5 Å². The van der Waals surface area contributed by atoms with Crippen LogP contribution in [0.3, 0.4) is 0 Å². The average Bonchev–Trinajstić information content (AvgIpc) is 2.42. The fraction of sp³-hybridized carbons (Fsp3) is 0.538. The quantitative estimate of drug-likeness (QED) is 0.864. The number of halogens is 1. The van der Waals surface area contributed by atoms with Gasteiger partial charge in [0.05, 0.1) is 5.69 Å². The normalized spacial score (nSPS) is 18.1. The summed E-state index contributed by atoms with van der Waals surface area (Å²) in [6.07, 6.45) is 1.64. The molecule has 0 radical (unpaired) electrons. The van der Waals surface area contributed by atoms with E-state index in [1.54, 1.807) is 6.07 Å². The lowest BCUT2D eigenvalue weighted by Gasteiger charge is -2.31. The first kappa shape index (κ1) is 15.2. The van der Waals surface area contributed by atoms with Crippen molar-refractivity contribution in [1.82, 2.24) is 9.62 Å². The highest BCUT2D eigenvalue weighted by Crippen LogP contribution is 2.21. The minimum Gasteiger partial charge on any atom is -0.319 e. The number of hydrogen-bond acceptors (Lipinski definition) is 3. The largest absolute Gasteiger partial charge is 0.319 e. The van der Waals surface area contributed by atoms with Crippen LogP contribution in [0.1, 0.15) is 12.8 Å². The predicted octanol–water partition coefficient (Wildman–Crippen LogP) is 1.41. The van der Waals surface area contributed by atoms with Crippen molar-refractivity contribution in [2.24, 2.45) is 5.92 Å². The summed E-state index contributed by atoms with van der Waals surface area (Å²) in [5, 5.41) is 3.11. The van der Waals surface area contributed by atoms with E-state index in [4.69, 9.17) is 0 Å². The number of anilines is 1. The molecule has 0 amide bonds. The SMILES string of the molecule is CNCC1CCN(S(=O)(=O)Nc2ccccc2F)CC1. The maximum atomic E-state index is 13.5. The first-order valence-electron chi connectivity index (χ1n) is 6.70. The third-order valence-corrected chi connectivity index (χ3v) is 5.04. The lowest BCUT2D eigenvalue weighted by Crippen LogP contribution is -2.43. The lowest BCUT2D eigenvalue weighted by molar-refractivity contribution is 0.272. The molecule has 0 bridgehead atoms. The Morgan fingerprint density at radius 2 is 1.95 bits per heavy atom. The summed E-state index contributed by atoms with van der Waals surface area (Å²) in [4.78, 5) is 0. The molecular weight excluding hydrogens is 281 g/mol. The second-order valence-electron chi connectivity index (χ2n) is 4.99. The Hall–Kier alpha value is -1.18. The van der Waals surface area contributed by atoms with Crippen LogP contribution in [0.4, 0.5) is 10.1 Å². The minimum atomic E-state index is -3.67. The van der Waals surface area contributed by atoms with Gasteiger partial charge in [-0.1, -0.05) is 12.1 Å². The van der Waals surface area contributed by atoms with Crippen molar-refractivity contribution >= 4 is 15.9 Å². The number of hydrogen-bond donors (Lipinski definition) is 2. The first-order chi connectivity index (χ1) is 9.53. The summed E-state index contributed by atoms with van der Waals surface area (Å²) in [7, 11) is -1.78. The van der Waals surface area contributed by atoms with E-state index in [9.17, 15) is 12.8 Å². The zero-order valence-electron chi connectivity index (χ0n) is 11.5. The van der Waals surface area contributed by atoms with Gasteiger partial charge in [0.15, 0.2) is 0 Å². The zero-order chi connectivity index (χ0) is 14.6. The van der Waals surface area contributed by atoms with Gasteiger partial charge in [-0.25, -0.2) is 4.39 Å². The van der Waals surface area contributed by atoms with Gasteiger partial charge in [0, 0.05) is 13.1 Å². The number of benzene rings is 1. The Morgan fingerprint density at radius 1 is 1.30 bits per heavy atom. The minimum absolute atomic E-state index is 0.00940. The van der Waals surface area contributed by atoms with Crippen LogP contribution >= 0.6 is 0 Å². The van der Waals surface area contributed by atoms with Crippen LogP contribution < -0.4 is 10.0 Å². The van der Waals surface area contributed by atoms with Crippen LogP contribution in [0, 0.1) is 11.7 Å². The van der Waals surface area contributed by atoms with Gasteiger partial charge in [0.2, 0.25) is 0 Å². The summed E-state index contributed by atoms with van der Waals surface area (Å²) in [6.45, 7) is 1.83. The van der Waals surface area contributed by atoms with E-state index in [-0.39, 0.29) is 5.69 Å². The maximum absolute atomic E-state index is 13.5. The Labute approximate surface area is 119 Å². The third kappa shape index (κ3) is 3.68. The highest BCUT2D eigenvalue weighted by molar-refractivity contribution is 7.90. The van der Waals surface area contributed by atoms with Crippen molar-refractivity contribution in [3.05, 3.63) is 30.1 Å². The number of nitrogens with one attached hydrogen (secondary N) is 2. The van der Waals surface area contributed by atoms with E-state index < -0.39 is 16.0 Å². The Balaban J connectivity index is 2.00. The Morgan fingerprint density at radius 3 is 2.55 bits per heavy atom. The molecule has 0 atom stereocenters. The van der Waals surface area contributed by atoms with Crippen LogP contribution in [-0.2, 0) is 10.2 Å². The molecule has 2 N–H and O–H groups in total. The molecule has 0 unspecified atom stereocenters. The molecule has 0 aromatic heterocycles. The number of para-hydroxylation sites is 1. The standard InChI is InChI=1S/C13H20FN3O2S/c1-15-10-11-6-8-17(9-7-11)20(18,19)16-13-5-3-2-4-12(13)14/h2-5,11,15-16H,6-10H2,1H3. The van der Waals surface area contributed by atoms with Gasteiger partial charge in [-0.2, -0.15) is 12.7 Å². The fourth-order valence-electron chi connectivity index (χ4n) is 2.39. The van der Waals surface area contributed by atoms with Crippen molar-refractivity contribution in [3.8, 4) is 0 Å². The molecule has 1 aromatic carbocycles. The lowest BCUT2D eigenvalue weighted by atomic mass is 9.98. The van der Waals surface area contributed by atoms with Crippen molar-refractivity contribution in [1.29, 1.82) is 0 Å². The van der Waals surface area contributed by atoms with E-state index in [0.29, 0.717) is 19.0 Å². The summed E-state index contributed by atoms with van der Waals surface area (Å²) in [5.74, 6) is -0.0685. The second-order valence-corrected chi connectivity index (χ2v) is 6.66. The van der Waals surface area contributed by atoms with Crippen LogP contribution in [0.2, 0.25) is 0 Å². The third-order valence-electron chi connectivity index (χ3n) is 3.52. The molecule has 20 heavy (non-hydrogen) atoms. The molecule has 7 heteroatoms. The van der Waals surface area contributed by atoms with Crippen LogP contribution in [0.5, 0.6) is 0 Å². The van der Waals surface area contributed by atoms with E-state index in [1.807, 2.05) is 7.05 Å². The number of piperidine rings is 1. The molecule has 1 saturated heterocycles.